The van der Waals surface area contributed by atoms with Gasteiger partial charge in [0.25, 0.3) is 0 Å². The summed E-state index contributed by atoms with van der Waals surface area (Å²) in [5.74, 6) is 0.0157. The van der Waals surface area contributed by atoms with Crippen LogP contribution in [0.5, 0.6) is 0 Å². The molecule has 1 aromatic heterocycles. The van der Waals surface area contributed by atoms with E-state index in [9.17, 15) is 8.78 Å². The quantitative estimate of drug-likeness (QED) is 0.720. The molecule has 2 rings (SSSR count). The van der Waals surface area contributed by atoms with Crippen molar-refractivity contribution in [2.75, 3.05) is 0 Å². The van der Waals surface area contributed by atoms with Gasteiger partial charge in [0.1, 0.15) is 28.5 Å². The van der Waals surface area contributed by atoms with E-state index in [0.717, 1.165) is 18.2 Å². The molecule has 0 bridgehead atoms. The summed E-state index contributed by atoms with van der Waals surface area (Å²) in [7, 11) is 0. The summed E-state index contributed by atoms with van der Waals surface area (Å²) in [5.41, 5.74) is 0.0796. The molecule has 0 saturated carbocycles. The first-order valence-corrected chi connectivity index (χ1v) is 5.17. The third-order valence-corrected chi connectivity index (χ3v) is 2.69. The lowest BCUT2D eigenvalue weighted by molar-refractivity contribution is 0.483. The molecule has 0 N–H and O–H groups in total. The maximum atomic E-state index is 13.4. The van der Waals surface area contributed by atoms with Crippen LogP contribution in [0.2, 0.25) is 0 Å². The molecule has 0 saturated heterocycles. The van der Waals surface area contributed by atoms with Gasteiger partial charge in [-0.05, 0) is 37.3 Å². The highest BCUT2D eigenvalue weighted by molar-refractivity contribution is 6.22. The number of aryl methyl sites for hydroxylation is 1. The molecule has 0 amide bonds. The summed E-state index contributed by atoms with van der Waals surface area (Å²) in [6.07, 6.45) is 0. The van der Waals surface area contributed by atoms with Gasteiger partial charge in [0.05, 0.1) is 0 Å². The Labute approximate surface area is 96.6 Å². The maximum absolute atomic E-state index is 13.4. The molecule has 1 unspecified atom stereocenters. The number of rotatable bonds is 2. The second kappa shape index (κ2) is 4.26. The minimum Gasteiger partial charge on any atom is -0.464 e. The molecule has 1 atom stereocenters. The van der Waals surface area contributed by atoms with Gasteiger partial charge in [-0.2, -0.15) is 0 Å². The van der Waals surface area contributed by atoms with Gasteiger partial charge in [-0.15, -0.1) is 11.6 Å². The molecule has 0 aliphatic rings. The molecular weight excluding hydrogens is 234 g/mol. The van der Waals surface area contributed by atoms with Crippen LogP contribution in [0.1, 0.15) is 22.5 Å². The number of halogens is 3. The molecule has 0 aliphatic carbocycles. The van der Waals surface area contributed by atoms with Crippen LogP contribution >= 0.6 is 11.6 Å². The smallest absolute Gasteiger partial charge is 0.128 e. The maximum Gasteiger partial charge on any atom is 0.128 e. The zero-order chi connectivity index (χ0) is 11.7. The minimum absolute atomic E-state index is 0.0796. The van der Waals surface area contributed by atoms with Crippen molar-refractivity contribution < 1.29 is 13.2 Å². The first kappa shape index (κ1) is 11.1. The Hall–Kier alpha value is -1.35. The fourth-order valence-corrected chi connectivity index (χ4v) is 1.74. The summed E-state index contributed by atoms with van der Waals surface area (Å²) in [6, 6.07) is 6.55. The van der Waals surface area contributed by atoms with Crippen LogP contribution < -0.4 is 0 Å². The van der Waals surface area contributed by atoms with Gasteiger partial charge >= 0.3 is 0 Å². The van der Waals surface area contributed by atoms with Crippen molar-refractivity contribution in [1.82, 2.24) is 0 Å². The number of furan rings is 1. The fraction of sp³-hybridized carbons (Fsp3) is 0.167. The first-order valence-electron chi connectivity index (χ1n) is 4.73. The monoisotopic (exact) mass is 242 g/mol. The van der Waals surface area contributed by atoms with E-state index in [4.69, 9.17) is 16.0 Å². The molecule has 0 fully saturated rings. The van der Waals surface area contributed by atoms with E-state index in [1.807, 2.05) is 0 Å². The highest BCUT2D eigenvalue weighted by Gasteiger charge is 2.18. The normalized spacial score (nSPS) is 12.8. The molecule has 0 radical (unpaired) electrons. The third kappa shape index (κ3) is 2.09. The lowest BCUT2D eigenvalue weighted by Crippen LogP contribution is -1.96. The topological polar surface area (TPSA) is 13.1 Å². The third-order valence-electron chi connectivity index (χ3n) is 2.24. The van der Waals surface area contributed by atoms with Crippen LogP contribution in [0.15, 0.2) is 34.7 Å². The zero-order valence-corrected chi connectivity index (χ0v) is 9.26. The van der Waals surface area contributed by atoms with E-state index < -0.39 is 17.0 Å². The molecule has 1 nitrogen and oxygen atoms in total. The van der Waals surface area contributed by atoms with Crippen molar-refractivity contribution in [1.29, 1.82) is 0 Å². The molecule has 0 aliphatic heterocycles. The van der Waals surface area contributed by atoms with Gasteiger partial charge < -0.3 is 4.42 Å². The van der Waals surface area contributed by atoms with Crippen LogP contribution in [-0.4, -0.2) is 0 Å². The van der Waals surface area contributed by atoms with Crippen molar-refractivity contribution in [3.05, 3.63) is 59.1 Å². The molecule has 84 valence electrons. The average molecular weight is 243 g/mol. The van der Waals surface area contributed by atoms with Crippen molar-refractivity contribution >= 4 is 11.6 Å². The Morgan fingerprint density at radius 3 is 2.56 bits per heavy atom. The minimum atomic E-state index is -0.815. The lowest BCUT2D eigenvalue weighted by Gasteiger charge is -2.08. The molecule has 1 aromatic carbocycles. The Morgan fingerprint density at radius 2 is 1.94 bits per heavy atom. The summed E-state index contributed by atoms with van der Waals surface area (Å²) in [4.78, 5) is 0. The number of benzene rings is 1. The second-order valence-electron chi connectivity index (χ2n) is 3.48. The van der Waals surface area contributed by atoms with E-state index in [1.54, 1.807) is 19.1 Å². The largest absolute Gasteiger partial charge is 0.464 e. The van der Waals surface area contributed by atoms with Crippen molar-refractivity contribution in [2.24, 2.45) is 0 Å². The van der Waals surface area contributed by atoms with E-state index in [0.29, 0.717) is 11.5 Å². The lowest BCUT2D eigenvalue weighted by atomic mass is 10.1. The molecule has 1 heterocycles. The predicted molar refractivity (Wildman–Crippen MR) is 57.5 cm³/mol. The van der Waals surface area contributed by atoms with Crippen LogP contribution in [-0.2, 0) is 0 Å². The Balaban J connectivity index is 2.40. The van der Waals surface area contributed by atoms with Crippen molar-refractivity contribution in [2.45, 2.75) is 12.3 Å². The Bertz CT molecular complexity index is 507. The summed E-state index contributed by atoms with van der Waals surface area (Å²) >= 11 is 6.02. The van der Waals surface area contributed by atoms with E-state index in [-0.39, 0.29) is 5.56 Å². The van der Waals surface area contributed by atoms with Gasteiger partial charge in [0, 0.05) is 5.56 Å². The number of alkyl halides is 1. The number of hydrogen-bond donors (Lipinski definition) is 0. The van der Waals surface area contributed by atoms with Crippen LogP contribution in [0.25, 0.3) is 0 Å². The van der Waals surface area contributed by atoms with Crippen LogP contribution in [0.3, 0.4) is 0 Å². The van der Waals surface area contributed by atoms with E-state index in [1.165, 1.54) is 0 Å². The van der Waals surface area contributed by atoms with E-state index in [2.05, 4.69) is 0 Å². The van der Waals surface area contributed by atoms with Gasteiger partial charge in [-0.1, -0.05) is 0 Å². The molecule has 4 heteroatoms. The molecule has 16 heavy (non-hydrogen) atoms. The Morgan fingerprint density at radius 1 is 1.19 bits per heavy atom. The first-order chi connectivity index (χ1) is 7.58. The summed E-state index contributed by atoms with van der Waals surface area (Å²) < 4.78 is 31.7. The standard InChI is InChI=1S/C12H9ClF2O/c1-7-2-5-11(16-7)12(13)9-6-8(14)3-4-10(9)15/h2-6,12H,1H3. The second-order valence-corrected chi connectivity index (χ2v) is 3.91. The average Bonchev–Trinajstić information content (AvgIpc) is 2.67. The number of hydrogen-bond acceptors (Lipinski definition) is 1. The van der Waals surface area contributed by atoms with Gasteiger partial charge in [0.2, 0.25) is 0 Å². The highest BCUT2D eigenvalue weighted by atomic mass is 35.5. The van der Waals surface area contributed by atoms with Crippen molar-refractivity contribution in [3.63, 3.8) is 0 Å². The molecule has 0 spiro atoms. The summed E-state index contributed by atoms with van der Waals surface area (Å²) in [6.45, 7) is 1.76. The molecule has 2 aromatic rings. The van der Waals surface area contributed by atoms with Crippen LogP contribution in [0.4, 0.5) is 8.78 Å². The zero-order valence-electron chi connectivity index (χ0n) is 8.51. The van der Waals surface area contributed by atoms with E-state index >= 15 is 0 Å². The predicted octanol–water partition coefficient (Wildman–Crippen LogP) is 4.19. The Kier molecular flexibility index (Phi) is 2.97. The summed E-state index contributed by atoms with van der Waals surface area (Å²) in [5, 5.41) is -0.815. The molecular formula is C12H9ClF2O. The van der Waals surface area contributed by atoms with Crippen LogP contribution in [0, 0.1) is 18.6 Å². The van der Waals surface area contributed by atoms with Gasteiger partial charge in [0.15, 0.2) is 0 Å². The fourth-order valence-electron chi connectivity index (χ4n) is 1.45. The van der Waals surface area contributed by atoms with Gasteiger partial charge in [-0.3, -0.25) is 0 Å². The highest BCUT2D eigenvalue weighted by Crippen LogP contribution is 2.31. The van der Waals surface area contributed by atoms with Gasteiger partial charge in [-0.25, -0.2) is 8.78 Å². The van der Waals surface area contributed by atoms with Crippen molar-refractivity contribution in [3.8, 4) is 0 Å². The SMILES string of the molecule is Cc1ccc(C(Cl)c2cc(F)ccc2F)o1.